The van der Waals surface area contributed by atoms with Crippen molar-refractivity contribution in [3.05, 3.63) is 90.0 Å². The molecule has 0 saturated carbocycles. The zero-order valence-electron chi connectivity index (χ0n) is 15.9. The van der Waals surface area contributed by atoms with Gasteiger partial charge in [0.05, 0.1) is 13.2 Å². The van der Waals surface area contributed by atoms with Crippen molar-refractivity contribution in [2.24, 2.45) is 0 Å². The molecule has 0 aromatic heterocycles. The molecule has 27 heavy (non-hydrogen) atoms. The Bertz CT molecular complexity index is 817. The maximum Gasteiger partial charge on any atom is 0.124 e. The van der Waals surface area contributed by atoms with Crippen LogP contribution >= 0.6 is 0 Å². The van der Waals surface area contributed by atoms with Crippen LogP contribution in [0.15, 0.2) is 78.9 Å². The molecule has 0 aliphatic rings. The smallest absolute Gasteiger partial charge is 0.124 e. The topological polar surface area (TPSA) is 30.5 Å². The van der Waals surface area contributed by atoms with E-state index in [9.17, 15) is 0 Å². The Labute approximate surface area is 162 Å². The normalized spacial score (nSPS) is 10.4. The minimum atomic E-state index is 0.668. The molecule has 0 unspecified atom stereocenters. The largest absolute Gasteiger partial charge is 0.493 e. The average molecular weight is 361 g/mol. The molecule has 0 radical (unpaired) electrons. The predicted molar refractivity (Wildman–Crippen MR) is 112 cm³/mol. The van der Waals surface area contributed by atoms with Crippen molar-refractivity contribution in [2.45, 2.75) is 26.3 Å². The first-order valence-corrected chi connectivity index (χ1v) is 9.56. The summed E-state index contributed by atoms with van der Waals surface area (Å²) in [7, 11) is 0. The summed E-state index contributed by atoms with van der Waals surface area (Å²) in [5.74, 6) is 1.83. The Kier molecular flexibility index (Phi) is 7.16. The van der Waals surface area contributed by atoms with E-state index < -0.39 is 0 Å². The van der Waals surface area contributed by atoms with Gasteiger partial charge in [-0.3, -0.25) is 0 Å². The highest BCUT2D eigenvalue weighted by Crippen LogP contribution is 2.22. The van der Waals surface area contributed by atoms with Crippen molar-refractivity contribution < 1.29 is 9.47 Å². The molecule has 3 nitrogen and oxygen atoms in total. The van der Waals surface area contributed by atoms with Crippen molar-refractivity contribution >= 4 is 5.69 Å². The molecule has 1 N–H and O–H groups in total. The van der Waals surface area contributed by atoms with E-state index >= 15 is 0 Å². The Morgan fingerprint density at radius 2 is 1.59 bits per heavy atom. The predicted octanol–water partition coefficient (Wildman–Crippen LogP) is 5.71. The molecule has 0 spiro atoms. The second kappa shape index (κ2) is 10.3. The summed E-state index contributed by atoms with van der Waals surface area (Å²) >= 11 is 0. The van der Waals surface area contributed by atoms with Gasteiger partial charge < -0.3 is 14.8 Å². The molecule has 0 bridgehead atoms. The van der Waals surface area contributed by atoms with Gasteiger partial charge in [-0.25, -0.2) is 0 Å². The molecule has 3 heteroatoms. The van der Waals surface area contributed by atoms with Crippen LogP contribution in [-0.4, -0.2) is 13.2 Å². The number of hydrogen-bond donors (Lipinski definition) is 1. The van der Waals surface area contributed by atoms with E-state index in [0.29, 0.717) is 13.2 Å². The molecular weight excluding hydrogens is 334 g/mol. The lowest BCUT2D eigenvalue weighted by Gasteiger charge is -2.13. The van der Waals surface area contributed by atoms with Gasteiger partial charge in [0.2, 0.25) is 0 Å². The first-order valence-electron chi connectivity index (χ1n) is 9.56. The lowest BCUT2D eigenvalue weighted by molar-refractivity contribution is 0.314. The molecule has 0 amide bonds. The number of para-hydroxylation sites is 1. The molecular formula is C24H27NO2. The molecule has 0 aliphatic heterocycles. The summed E-state index contributed by atoms with van der Waals surface area (Å²) < 4.78 is 11.7. The van der Waals surface area contributed by atoms with Gasteiger partial charge in [0.1, 0.15) is 11.5 Å². The van der Waals surface area contributed by atoms with Crippen LogP contribution in [0.2, 0.25) is 0 Å². The highest BCUT2D eigenvalue weighted by atomic mass is 16.5. The van der Waals surface area contributed by atoms with Crippen molar-refractivity contribution in [2.75, 3.05) is 18.5 Å². The molecule has 0 fully saturated rings. The Hall–Kier alpha value is -2.94. The van der Waals surface area contributed by atoms with Gasteiger partial charge in [-0.2, -0.15) is 0 Å². The third-order valence-electron chi connectivity index (χ3n) is 4.25. The molecule has 0 heterocycles. The van der Waals surface area contributed by atoms with Crippen LogP contribution in [0, 0.1) is 0 Å². The SMILES string of the molecule is CCCOc1ccccc1CNc1cccc(OCCc2ccccc2)c1. The van der Waals surface area contributed by atoms with Crippen molar-refractivity contribution in [3.63, 3.8) is 0 Å². The van der Waals surface area contributed by atoms with Crippen LogP contribution < -0.4 is 14.8 Å². The average Bonchev–Trinajstić information content (AvgIpc) is 2.72. The van der Waals surface area contributed by atoms with Crippen LogP contribution in [0.5, 0.6) is 11.5 Å². The third-order valence-corrected chi connectivity index (χ3v) is 4.25. The lowest BCUT2D eigenvalue weighted by atomic mass is 10.2. The quantitative estimate of drug-likeness (QED) is 0.502. The fraction of sp³-hybridized carbons (Fsp3) is 0.250. The maximum atomic E-state index is 5.91. The van der Waals surface area contributed by atoms with E-state index in [1.165, 1.54) is 5.56 Å². The van der Waals surface area contributed by atoms with Crippen LogP contribution in [0.4, 0.5) is 5.69 Å². The number of benzene rings is 3. The monoisotopic (exact) mass is 361 g/mol. The lowest BCUT2D eigenvalue weighted by Crippen LogP contribution is -2.05. The van der Waals surface area contributed by atoms with Crippen molar-refractivity contribution in [1.82, 2.24) is 0 Å². The van der Waals surface area contributed by atoms with Gasteiger partial charge in [0.25, 0.3) is 0 Å². The molecule has 3 aromatic rings. The minimum Gasteiger partial charge on any atom is -0.493 e. The number of ether oxygens (including phenoxy) is 2. The summed E-state index contributed by atoms with van der Waals surface area (Å²) in [6.45, 7) is 4.24. The zero-order valence-corrected chi connectivity index (χ0v) is 15.9. The van der Waals surface area contributed by atoms with Gasteiger partial charge >= 0.3 is 0 Å². The molecule has 3 aromatic carbocycles. The van der Waals surface area contributed by atoms with E-state index in [2.05, 4.69) is 48.6 Å². The summed E-state index contributed by atoms with van der Waals surface area (Å²) in [4.78, 5) is 0. The van der Waals surface area contributed by atoms with Gasteiger partial charge in [0, 0.05) is 30.3 Å². The van der Waals surface area contributed by atoms with Crippen molar-refractivity contribution in [1.29, 1.82) is 0 Å². The number of anilines is 1. The number of hydrogen-bond acceptors (Lipinski definition) is 3. The summed E-state index contributed by atoms with van der Waals surface area (Å²) in [6, 6.07) is 26.7. The van der Waals surface area contributed by atoms with Crippen molar-refractivity contribution in [3.8, 4) is 11.5 Å². The summed E-state index contributed by atoms with van der Waals surface area (Å²) in [5.41, 5.74) is 3.48. The highest BCUT2D eigenvalue weighted by Gasteiger charge is 2.03. The molecule has 0 atom stereocenters. The van der Waals surface area contributed by atoms with E-state index in [-0.39, 0.29) is 0 Å². The minimum absolute atomic E-state index is 0.668. The first-order chi connectivity index (χ1) is 13.3. The number of nitrogens with one attached hydrogen (secondary N) is 1. The van der Waals surface area contributed by atoms with E-state index in [4.69, 9.17) is 9.47 Å². The highest BCUT2D eigenvalue weighted by molar-refractivity contribution is 5.49. The van der Waals surface area contributed by atoms with Crippen LogP contribution in [0.3, 0.4) is 0 Å². The van der Waals surface area contributed by atoms with Crippen LogP contribution in [-0.2, 0) is 13.0 Å². The van der Waals surface area contributed by atoms with Gasteiger partial charge in [-0.15, -0.1) is 0 Å². The summed E-state index contributed by atoms with van der Waals surface area (Å²) in [6.07, 6.45) is 1.91. The second-order valence-corrected chi connectivity index (χ2v) is 6.42. The summed E-state index contributed by atoms with van der Waals surface area (Å²) in [5, 5.41) is 3.47. The molecule has 0 saturated heterocycles. The van der Waals surface area contributed by atoms with Gasteiger partial charge in [-0.05, 0) is 30.2 Å². The maximum absolute atomic E-state index is 5.91. The fourth-order valence-corrected chi connectivity index (χ4v) is 2.83. The Morgan fingerprint density at radius 1 is 0.778 bits per heavy atom. The number of rotatable bonds is 10. The molecule has 0 aliphatic carbocycles. The van der Waals surface area contributed by atoms with E-state index in [1.54, 1.807) is 0 Å². The van der Waals surface area contributed by atoms with Gasteiger partial charge in [-0.1, -0.05) is 61.5 Å². The molecule has 140 valence electrons. The second-order valence-electron chi connectivity index (χ2n) is 6.42. The fourth-order valence-electron chi connectivity index (χ4n) is 2.83. The Balaban J connectivity index is 1.53. The van der Waals surface area contributed by atoms with Gasteiger partial charge in [0.15, 0.2) is 0 Å². The van der Waals surface area contributed by atoms with E-state index in [0.717, 1.165) is 42.2 Å². The van der Waals surface area contributed by atoms with Crippen LogP contribution in [0.25, 0.3) is 0 Å². The first kappa shape index (κ1) is 18.8. The Morgan fingerprint density at radius 3 is 2.44 bits per heavy atom. The molecule has 3 rings (SSSR count). The zero-order chi connectivity index (χ0) is 18.7. The van der Waals surface area contributed by atoms with E-state index in [1.807, 2.05) is 42.5 Å². The van der Waals surface area contributed by atoms with Crippen LogP contribution in [0.1, 0.15) is 24.5 Å². The third kappa shape index (κ3) is 6.07. The standard InChI is InChI=1S/C24H27NO2/c1-2-16-27-24-14-7-6-11-21(24)19-25-22-12-8-13-23(18-22)26-17-15-20-9-4-3-5-10-20/h3-14,18,25H,2,15-17,19H2,1H3.